The van der Waals surface area contributed by atoms with Gasteiger partial charge in [0.25, 0.3) is 0 Å². The Kier molecular flexibility index (Phi) is 13.0. The molecular formula is C15H32N. The lowest BCUT2D eigenvalue weighted by Crippen LogP contribution is -2.18. The fraction of sp³-hybridized carbons (Fsp3) is 0.933. The fourth-order valence-electron chi connectivity index (χ4n) is 2.12. The summed E-state index contributed by atoms with van der Waals surface area (Å²) >= 11 is 0. The van der Waals surface area contributed by atoms with Crippen LogP contribution in [0.4, 0.5) is 0 Å². The average Bonchev–Trinajstić information content (AvgIpc) is 2.27. The molecule has 0 rings (SSSR count). The van der Waals surface area contributed by atoms with E-state index < -0.39 is 0 Å². The summed E-state index contributed by atoms with van der Waals surface area (Å²) in [5, 5.41) is 0. The van der Waals surface area contributed by atoms with Crippen molar-refractivity contribution in [2.45, 2.75) is 90.0 Å². The van der Waals surface area contributed by atoms with Gasteiger partial charge in [-0.05, 0) is 12.8 Å². The van der Waals surface area contributed by atoms with Gasteiger partial charge in [0, 0.05) is 6.04 Å². The molecular weight excluding hydrogens is 194 g/mol. The van der Waals surface area contributed by atoms with Crippen molar-refractivity contribution < 1.29 is 0 Å². The molecule has 0 heterocycles. The molecule has 1 heteroatoms. The molecule has 1 atom stereocenters. The molecule has 0 saturated heterocycles. The van der Waals surface area contributed by atoms with E-state index in [1.807, 2.05) is 0 Å². The van der Waals surface area contributed by atoms with Crippen molar-refractivity contribution in [3.05, 3.63) is 6.92 Å². The van der Waals surface area contributed by atoms with E-state index in [9.17, 15) is 0 Å². The molecule has 0 aliphatic rings. The third-order valence-electron chi connectivity index (χ3n) is 3.25. The molecule has 0 aliphatic heterocycles. The number of hydrogen-bond acceptors (Lipinski definition) is 1. The summed E-state index contributed by atoms with van der Waals surface area (Å²) in [5.41, 5.74) is 5.94. The van der Waals surface area contributed by atoms with Gasteiger partial charge in [0.2, 0.25) is 0 Å². The van der Waals surface area contributed by atoms with E-state index in [1.165, 1.54) is 64.2 Å². The van der Waals surface area contributed by atoms with E-state index in [1.54, 1.807) is 0 Å². The Morgan fingerprint density at radius 3 is 1.81 bits per heavy atom. The lowest BCUT2D eigenvalue weighted by atomic mass is 10.0. The second-order valence-electron chi connectivity index (χ2n) is 5.02. The molecule has 0 aromatic carbocycles. The third-order valence-corrected chi connectivity index (χ3v) is 3.25. The second kappa shape index (κ2) is 13.0. The Morgan fingerprint density at radius 2 is 1.31 bits per heavy atom. The van der Waals surface area contributed by atoms with Crippen molar-refractivity contribution in [2.75, 3.05) is 0 Å². The average molecular weight is 226 g/mol. The zero-order chi connectivity index (χ0) is 12.1. The van der Waals surface area contributed by atoms with Crippen LogP contribution in [0.1, 0.15) is 84.0 Å². The molecule has 0 bridgehead atoms. The summed E-state index contributed by atoms with van der Waals surface area (Å²) in [5.74, 6) is 0. The highest BCUT2D eigenvalue weighted by Gasteiger charge is 2.00. The van der Waals surface area contributed by atoms with Gasteiger partial charge in [-0.1, -0.05) is 78.1 Å². The zero-order valence-electron chi connectivity index (χ0n) is 11.3. The largest absolute Gasteiger partial charge is 0.328 e. The topological polar surface area (TPSA) is 26.0 Å². The van der Waals surface area contributed by atoms with Gasteiger partial charge >= 0.3 is 0 Å². The van der Waals surface area contributed by atoms with Crippen LogP contribution in [0.3, 0.4) is 0 Å². The summed E-state index contributed by atoms with van der Waals surface area (Å²) in [4.78, 5) is 0. The first-order chi connectivity index (χ1) is 7.81. The van der Waals surface area contributed by atoms with E-state index >= 15 is 0 Å². The van der Waals surface area contributed by atoms with Crippen LogP contribution >= 0.6 is 0 Å². The summed E-state index contributed by atoms with van der Waals surface area (Å²) in [6, 6.07) is 0.405. The smallest absolute Gasteiger partial charge is 0.00388 e. The van der Waals surface area contributed by atoms with Gasteiger partial charge in [0.1, 0.15) is 0 Å². The summed E-state index contributed by atoms with van der Waals surface area (Å²) < 4.78 is 0. The van der Waals surface area contributed by atoms with Crippen molar-refractivity contribution in [3.8, 4) is 0 Å². The molecule has 0 fully saturated rings. The molecule has 0 spiro atoms. The zero-order valence-corrected chi connectivity index (χ0v) is 11.3. The molecule has 0 amide bonds. The van der Waals surface area contributed by atoms with Crippen molar-refractivity contribution in [1.82, 2.24) is 0 Å². The molecule has 2 N–H and O–H groups in total. The van der Waals surface area contributed by atoms with E-state index in [0.29, 0.717) is 6.04 Å². The Morgan fingerprint density at radius 1 is 0.812 bits per heavy atom. The minimum absolute atomic E-state index is 0.405. The van der Waals surface area contributed by atoms with Gasteiger partial charge in [-0.25, -0.2) is 0 Å². The number of nitrogens with two attached hydrogens (primary N) is 1. The molecule has 0 aliphatic carbocycles. The fourth-order valence-corrected chi connectivity index (χ4v) is 2.12. The molecule has 0 aromatic rings. The van der Waals surface area contributed by atoms with Crippen molar-refractivity contribution in [2.24, 2.45) is 5.73 Å². The monoisotopic (exact) mass is 226 g/mol. The minimum atomic E-state index is 0.405. The van der Waals surface area contributed by atoms with Gasteiger partial charge in [-0.15, -0.1) is 0 Å². The normalized spacial score (nSPS) is 12.9. The Hall–Kier alpha value is -0.0400. The number of unbranched alkanes of at least 4 members (excludes halogenated alkanes) is 8. The van der Waals surface area contributed by atoms with Gasteiger partial charge in [0.15, 0.2) is 0 Å². The van der Waals surface area contributed by atoms with E-state index in [-0.39, 0.29) is 0 Å². The quantitative estimate of drug-likeness (QED) is 0.473. The maximum absolute atomic E-state index is 5.94. The first-order valence-corrected chi connectivity index (χ1v) is 7.36. The van der Waals surface area contributed by atoms with Gasteiger partial charge in [-0.2, -0.15) is 0 Å². The van der Waals surface area contributed by atoms with Crippen molar-refractivity contribution >= 4 is 0 Å². The maximum Gasteiger partial charge on any atom is 0.00388 e. The molecule has 1 unspecified atom stereocenters. The van der Waals surface area contributed by atoms with Crippen LogP contribution in [-0.4, -0.2) is 6.04 Å². The van der Waals surface area contributed by atoms with Crippen molar-refractivity contribution in [1.29, 1.82) is 0 Å². The highest BCUT2D eigenvalue weighted by molar-refractivity contribution is 4.61. The summed E-state index contributed by atoms with van der Waals surface area (Å²) in [6.07, 6.45) is 15.9. The molecule has 1 nitrogen and oxygen atoms in total. The van der Waals surface area contributed by atoms with Gasteiger partial charge < -0.3 is 5.73 Å². The van der Waals surface area contributed by atoms with E-state index in [0.717, 1.165) is 12.8 Å². The predicted octanol–water partition coefficient (Wildman–Crippen LogP) is 4.85. The van der Waals surface area contributed by atoms with Crippen LogP contribution < -0.4 is 5.73 Å². The number of hydrogen-bond donors (Lipinski definition) is 1. The van der Waals surface area contributed by atoms with Crippen LogP contribution in [0.25, 0.3) is 0 Å². The first-order valence-electron chi connectivity index (χ1n) is 7.36. The standard InChI is InChI=1S/C15H32N/c1-3-5-6-7-8-9-10-11-12-14-15(16)13-4-2/h15H,2-14,16H2,1H3. The summed E-state index contributed by atoms with van der Waals surface area (Å²) in [7, 11) is 0. The highest BCUT2D eigenvalue weighted by atomic mass is 14.6. The van der Waals surface area contributed by atoms with Gasteiger partial charge in [0.05, 0.1) is 0 Å². The first kappa shape index (κ1) is 16.0. The van der Waals surface area contributed by atoms with Crippen LogP contribution in [0.15, 0.2) is 0 Å². The molecule has 0 aromatic heterocycles. The van der Waals surface area contributed by atoms with Crippen LogP contribution in [0.2, 0.25) is 0 Å². The Bertz CT molecular complexity index is 123. The highest BCUT2D eigenvalue weighted by Crippen LogP contribution is 2.11. The Labute approximate surface area is 103 Å². The van der Waals surface area contributed by atoms with E-state index in [4.69, 9.17) is 5.73 Å². The molecule has 0 saturated carbocycles. The van der Waals surface area contributed by atoms with E-state index in [2.05, 4.69) is 13.8 Å². The van der Waals surface area contributed by atoms with Crippen LogP contribution in [0.5, 0.6) is 0 Å². The lowest BCUT2D eigenvalue weighted by Gasteiger charge is -2.09. The molecule has 16 heavy (non-hydrogen) atoms. The SMILES string of the molecule is [CH2]CCC(N)CCCCCCCCCCC. The Balaban J connectivity index is 2.98. The molecule has 97 valence electrons. The van der Waals surface area contributed by atoms with Crippen LogP contribution in [0, 0.1) is 6.92 Å². The molecule has 1 radical (unpaired) electrons. The lowest BCUT2D eigenvalue weighted by molar-refractivity contribution is 0.508. The predicted molar refractivity (Wildman–Crippen MR) is 74.4 cm³/mol. The maximum atomic E-state index is 5.94. The minimum Gasteiger partial charge on any atom is -0.328 e. The van der Waals surface area contributed by atoms with Gasteiger partial charge in [-0.3, -0.25) is 0 Å². The second-order valence-corrected chi connectivity index (χ2v) is 5.02. The van der Waals surface area contributed by atoms with Crippen LogP contribution in [-0.2, 0) is 0 Å². The van der Waals surface area contributed by atoms with Crippen molar-refractivity contribution in [3.63, 3.8) is 0 Å². The number of rotatable bonds is 12. The third kappa shape index (κ3) is 12.0. The summed E-state index contributed by atoms with van der Waals surface area (Å²) in [6.45, 7) is 6.11.